The quantitative estimate of drug-likeness (QED) is 0.754. The van der Waals surface area contributed by atoms with E-state index in [2.05, 4.69) is 31.9 Å². The SMILES string of the molecule is CCCn1ccnc1CNc1cccnc1-n1cccn1. The second-order valence-corrected chi connectivity index (χ2v) is 4.72. The van der Waals surface area contributed by atoms with Gasteiger partial charge in [0.1, 0.15) is 5.82 Å². The Bertz CT molecular complexity index is 686. The summed E-state index contributed by atoms with van der Waals surface area (Å²) in [4.78, 5) is 8.79. The van der Waals surface area contributed by atoms with Crippen molar-refractivity contribution in [1.82, 2.24) is 24.3 Å². The molecule has 1 N–H and O–H groups in total. The lowest BCUT2D eigenvalue weighted by molar-refractivity contribution is 0.644. The molecule has 3 heterocycles. The Morgan fingerprint density at radius 3 is 2.86 bits per heavy atom. The van der Waals surface area contributed by atoms with Gasteiger partial charge in [-0.2, -0.15) is 5.10 Å². The lowest BCUT2D eigenvalue weighted by Crippen LogP contribution is -2.11. The molecule has 0 fully saturated rings. The number of hydrogen-bond acceptors (Lipinski definition) is 4. The second kappa shape index (κ2) is 6.21. The van der Waals surface area contributed by atoms with Gasteiger partial charge in [-0.1, -0.05) is 6.92 Å². The van der Waals surface area contributed by atoms with Crippen LogP contribution in [0.4, 0.5) is 5.69 Å². The van der Waals surface area contributed by atoms with E-state index in [9.17, 15) is 0 Å². The Morgan fingerprint density at radius 2 is 2.05 bits per heavy atom. The van der Waals surface area contributed by atoms with Gasteiger partial charge in [0.25, 0.3) is 0 Å². The zero-order chi connectivity index (χ0) is 14.5. The average Bonchev–Trinajstić information content (AvgIpc) is 3.17. The smallest absolute Gasteiger partial charge is 0.176 e. The lowest BCUT2D eigenvalue weighted by atomic mass is 10.3. The van der Waals surface area contributed by atoms with Crippen LogP contribution in [-0.4, -0.2) is 24.3 Å². The predicted octanol–water partition coefficient (Wildman–Crippen LogP) is 2.49. The van der Waals surface area contributed by atoms with E-state index >= 15 is 0 Å². The molecule has 21 heavy (non-hydrogen) atoms. The van der Waals surface area contributed by atoms with E-state index in [0.717, 1.165) is 30.3 Å². The molecule has 3 rings (SSSR count). The number of anilines is 1. The van der Waals surface area contributed by atoms with Crippen molar-refractivity contribution < 1.29 is 0 Å². The Morgan fingerprint density at radius 1 is 1.10 bits per heavy atom. The first kappa shape index (κ1) is 13.4. The summed E-state index contributed by atoms with van der Waals surface area (Å²) >= 11 is 0. The molecule has 108 valence electrons. The minimum atomic E-state index is 0.660. The summed E-state index contributed by atoms with van der Waals surface area (Å²) in [7, 11) is 0. The van der Waals surface area contributed by atoms with Gasteiger partial charge >= 0.3 is 0 Å². The van der Waals surface area contributed by atoms with Crippen molar-refractivity contribution in [3.05, 3.63) is 55.0 Å². The van der Waals surface area contributed by atoms with Crippen LogP contribution in [0.3, 0.4) is 0 Å². The highest BCUT2D eigenvalue weighted by Gasteiger charge is 2.07. The molecule has 0 amide bonds. The maximum absolute atomic E-state index is 4.40. The molecule has 6 nitrogen and oxygen atoms in total. The van der Waals surface area contributed by atoms with Gasteiger partial charge in [-0.25, -0.2) is 14.6 Å². The Labute approximate surface area is 123 Å². The van der Waals surface area contributed by atoms with Gasteiger partial charge < -0.3 is 9.88 Å². The van der Waals surface area contributed by atoms with E-state index in [0.29, 0.717) is 6.54 Å². The first-order chi connectivity index (χ1) is 10.4. The predicted molar refractivity (Wildman–Crippen MR) is 81.2 cm³/mol. The van der Waals surface area contributed by atoms with Gasteiger partial charge in [-0.15, -0.1) is 0 Å². The van der Waals surface area contributed by atoms with Crippen molar-refractivity contribution in [2.75, 3.05) is 5.32 Å². The molecule has 0 bridgehead atoms. The Hall–Kier alpha value is -2.63. The van der Waals surface area contributed by atoms with Crippen molar-refractivity contribution >= 4 is 5.69 Å². The van der Waals surface area contributed by atoms with Crippen molar-refractivity contribution in [1.29, 1.82) is 0 Å². The molecule has 0 unspecified atom stereocenters. The molecule has 3 aromatic heterocycles. The van der Waals surface area contributed by atoms with Gasteiger partial charge in [-0.3, -0.25) is 0 Å². The third-order valence-electron chi connectivity index (χ3n) is 3.21. The second-order valence-electron chi connectivity index (χ2n) is 4.72. The van der Waals surface area contributed by atoms with Gasteiger partial charge in [-0.05, 0) is 24.6 Å². The van der Waals surface area contributed by atoms with Gasteiger partial charge in [0.15, 0.2) is 5.82 Å². The van der Waals surface area contributed by atoms with Crippen LogP contribution in [0.2, 0.25) is 0 Å². The van der Waals surface area contributed by atoms with Crippen molar-refractivity contribution in [2.45, 2.75) is 26.4 Å². The summed E-state index contributed by atoms with van der Waals surface area (Å²) in [5.41, 5.74) is 0.937. The topological polar surface area (TPSA) is 60.6 Å². The largest absolute Gasteiger partial charge is 0.375 e. The molecule has 0 aromatic carbocycles. The standard InChI is InChI=1S/C15H18N6/c1-2-9-20-11-8-16-14(20)12-18-13-5-3-6-17-15(13)21-10-4-7-19-21/h3-8,10-11,18H,2,9,12H2,1H3. The van der Waals surface area contributed by atoms with Gasteiger partial charge in [0, 0.05) is 37.5 Å². The first-order valence-corrected chi connectivity index (χ1v) is 7.07. The summed E-state index contributed by atoms with van der Waals surface area (Å²) in [5.74, 6) is 1.81. The molecule has 0 aliphatic carbocycles. The Kier molecular flexibility index (Phi) is 3.95. The summed E-state index contributed by atoms with van der Waals surface area (Å²) in [6.45, 7) is 3.80. The molecule has 0 saturated carbocycles. The van der Waals surface area contributed by atoms with Gasteiger partial charge in [0.05, 0.1) is 12.2 Å². The van der Waals surface area contributed by atoms with E-state index in [4.69, 9.17) is 0 Å². The monoisotopic (exact) mass is 282 g/mol. The van der Waals surface area contributed by atoms with Crippen LogP contribution >= 0.6 is 0 Å². The van der Waals surface area contributed by atoms with Gasteiger partial charge in [0.2, 0.25) is 0 Å². The van der Waals surface area contributed by atoms with Crippen LogP contribution in [0.5, 0.6) is 0 Å². The van der Waals surface area contributed by atoms with E-state index in [1.807, 2.05) is 36.8 Å². The number of nitrogens with one attached hydrogen (secondary N) is 1. The van der Waals surface area contributed by atoms with Crippen LogP contribution in [0.25, 0.3) is 5.82 Å². The molecule has 0 aliphatic heterocycles. The van der Waals surface area contributed by atoms with E-state index in [1.165, 1.54) is 0 Å². The summed E-state index contributed by atoms with van der Waals surface area (Å²) < 4.78 is 3.91. The van der Waals surface area contributed by atoms with Crippen molar-refractivity contribution in [2.24, 2.45) is 0 Å². The fraction of sp³-hybridized carbons (Fsp3) is 0.267. The Balaban J connectivity index is 1.78. The number of imidazole rings is 1. The fourth-order valence-electron chi connectivity index (χ4n) is 2.24. The molecule has 0 radical (unpaired) electrons. The highest BCUT2D eigenvalue weighted by Crippen LogP contribution is 2.17. The van der Waals surface area contributed by atoms with Crippen molar-refractivity contribution in [3.8, 4) is 5.82 Å². The highest BCUT2D eigenvalue weighted by molar-refractivity contribution is 5.56. The highest BCUT2D eigenvalue weighted by atomic mass is 15.3. The molecule has 0 atom stereocenters. The molecular weight excluding hydrogens is 264 g/mol. The van der Waals surface area contributed by atoms with Crippen LogP contribution in [0.15, 0.2) is 49.2 Å². The fourth-order valence-corrected chi connectivity index (χ4v) is 2.24. The molecule has 0 saturated heterocycles. The molecule has 0 spiro atoms. The first-order valence-electron chi connectivity index (χ1n) is 7.07. The van der Waals surface area contributed by atoms with Crippen LogP contribution in [0, 0.1) is 0 Å². The zero-order valence-electron chi connectivity index (χ0n) is 12.0. The zero-order valence-corrected chi connectivity index (χ0v) is 12.0. The number of aromatic nitrogens is 5. The molecule has 3 aromatic rings. The van der Waals surface area contributed by atoms with Crippen LogP contribution in [0.1, 0.15) is 19.2 Å². The molecule has 0 aliphatic rings. The normalized spacial score (nSPS) is 10.7. The molecule has 6 heteroatoms. The maximum atomic E-state index is 4.40. The van der Waals surface area contributed by atoms with Crippen molar-refractivity contribution in [3.63, 3.8) is 0 Å². The summed E-state index contributed by atoms with van der Waals surface area (Å²) in [6, 6.07) is 5.79. The maximum Gasteiger partial charge on any atom is 0.176 e. The van der Waals surface area contributed by atoms with Crippen LogP contribution in [-0.2, 0) is 13.1 Å². The van der Waals surface area contributed by atoms with E-state index in [1.54, 1.807) is 17.1 Å². The van der Waals surface area contributed by atoms with E-state index < -0.39 is 0 Å². The molecular formula is C15H18N6. The third kappa shape index (κ3) is 2.94. The minimum Gasteiger partial charge on any atom is -0.375 e. The number of pyridine rings is 1. The van der Waals surface area contributed by atoms with E-state index in [-0.39, 0.29) is 0 Å². The average molecular weight is 282 g/mol. The number of aryl methyl sites for hydroxylation is 1. The summed E-state index contributed by atoms with van der Waals surface area (Å²) in [6.07, 6.45) is 10.3. The third-order valence-corrected chi connectivity index (χ3v) is 3.21. The lowest BCUT2D eigenvalue weighted by Gasteiger charge is -2.11. The minimum absolute atomic E-state index is 0.660. The van der Waals surface area contributed by atoms with Crippen LogP contribution < -0.4 is 5.32 Å². The number of rotatable bonds is 6. The summed E-state index contributed by atoms with van der Waals surface area (Å²) in [5, 5.41) is 7.63. The number of nitrogens with zero attached hydrogens (tertiary/aromatic N) is 5. The number of hydrogen-bond donors (Lipinski definition) is 1.